The minimum absolute atomic E-state index is 0.0406. The van der Waals surface area contributed by atoms with Crippen LogP contribution in [0, 0.1) is 0 Å². The molecule has 0 radical (unpaired) electrons. The van der Waals surface area contributed by atoms with Gasteiger partial charge in [0.05, 0.1) is 13.2 Å². The van der Waals surface area contributed by atoms with Crippen molar-refractivity contribution in [3.63, 3.8) is 0 Å². The van der Waals surface area contributed by atoms with Crippen molar-refractivity contribution in [3.8, 4) is 0 Å². The van der Waals surface area contributed by atoms with E-state index in [1.807, 2.05) is 0 Å². The molecule has 11 heteroatoms. The summed E-state index contributed by atoms with van der Waals surface area (Å²) in [5, 5.41) is 57.8. The molecule has 1 aliphatic rings. The van der Waals surface area contributed by atoms with Crippen molar-refractivity contribution >= 4 is 6.29 Å². The third-order valence-corrected chi connectivity index (χ3v) is 4.03. The van der Waals surface area contributed by atoms with E-state index in [1.54, 1.807) is 0 Å². The molecule has 0 bridgehead atoms. The first-order valence-corrected chi connectivity index (χ1v) is 7.61. The highest BCUT2D eigenvalue weighted by molar-refractivity contribution is 5.56. The highest BCUT2D eigenvalue weighted by atomic mass is 16.7. The highest BCUT2D eigenvalue weighted by Crippen LogP contribution is 2.28. The summed E-state index contributed by atoms with van der Waals surface area (Å²) in [5.41, 5.74) is 0. The predicted molar refractivity (Wildman–Crippen MR) is 79.4 cm³/mol. The van der Waals surface area contributed by atoms with Gasteiger partial charge in [-0.25, -0.2) is 0 Å². The molecule has 9 unspecified atom stereocenters. The van der Waals surface area contributed by atoms with E-state index in [9.17, 15) is 30.3 Å². The van der Waals surface area contributed by atoms with Crippen molar-refractivity contribution in [1.82, 2.24) is 0 Å². The largest absolute Gasteiger partial charge is 0.394 e. The van der Waals surface area contributed by atoms with Gasteiger partial charge in [-0.05, 0) is 0 Å². The third kappa shape index (κ3) is 5.14. The van der Waals surface area contributed by atoms with Gasteiger partial charge in [0.1, 0.15) is 48.8 Å². The van der Waals surface area contributed by atoms with Crippen LogP contribution in [0.3, 0.4) is 0 Å². The van der Waals surface area contributed by atoms with Gasteiger partial charge >= 0.3 is 0 Å². The van der Waals surface area contributed by atoms with Gasteiger partial charge in [-0.3, -0.25) is 0 Å². The molecule has 0 aromatic rings. The number of aliphatic hydroxyl groups is 6. The standard InChI is InChI=1S/C14H26O11/c1-22-12-10(21)8(5-17)24-14(13(12)23-2)25-11(7(19)4-16)9(20)6(18)3-15/h3,6-14,16-21H,4-5H2,1-2H3. The van der Waals surface area contributed by atoms with Crippen LogP contribution in [0.15, 0.2) is 0 Å². The minimum Gasteiger partial charge on any atom is -0.394 e. The quantitative estimate of drug-likeness (QED) is 0.205. The van der Waals surface area contributed by atoms with Gasteiger partial charge in [-0.15, -0.1) is 0 Å². The SMILES string of the molecule is COC1C(OC(C(O)CO)C(O)C(O)C=O)OC(CO)C(O)C1OC. The fourth-order valence-electron chi connectivity index (χ4n) is 2.60. The maximum atomic E-state index is 10.7. The zero-order valence-electron chi connectivity index (χ0n) is 13.9. The van der Waals surface area contributed by atoms with E-state index in [1.165, 1.54) is 14.2 Å². The first-order chi connectivity index (χ1) is 11.9. The van der Waals surface area contributed by atoms with Crippen LogP contribution in [0.4, 0.5) is 0 Å². The number of carbonyl (C=O) groups excluding carboxylic acids is 1. The molecule has 25 heavy (non-hydrogen) atoms. The van der Waals surface area contributed by atoms with Crippen LogP contribution in [0.25, 0.3) is 0 Å². The number of aldehydes is 1. The summed E-state index contributed by atoms with van der Waals surface area (Å²) in [6.45, 7) is -1.42. The van der Waals surface area contributed by atoms with Gasteiger partial charge in [0.25, 0.3) is 0 Å². The Hall–Kier alpha value is -0.730. The normalized spacial score (nSPS) is 35.0. The Labute approximate surface area is 144 Å². The summed E-state index contributed by atoms with van der Waals surface area (Å²) in [7, 11) is 2.57. The van der Waals surface area contributed by atoms with Gasteiger partial charge in [-0.2, -0.15) is 0 Å². The van der Waals surface area contributed by atoms with Crippen LogP contribution in [0.5, 0.6) is 0 Å². The van der Waals surface area contributed by atoms with E-state index in [4.69, 9.17) is 24.1 Å². The Bertz CT molecular complexity index is 395. The average Bonchev–Trinajstić information content (AvgIpc) is 2.64. The first kappa shape index (κ1) is 22.3. The van der Waals surface area contributed by atoms with Gasteiger partial charge in [0.15, 0.2) is 12.6 Å². The third-order valence-electron chi connectivity index (χ3n) is 4.03. The lowest BCUT2D eigenvalue weighted by Gasteiger charge is -2.44. The highest BCUT2D eigenvalue weighted by Gasteiger charge is 2.48. The summed E-state index contributed by atoms with van der Waals surface area (Å²) in [5.74, 6) is 0. The molecular formula is C14H26O11. The summed E-state index contributed by atoms with van der Waals surface area (Å²) in [4.78, 5) is 10.7. The molecule has 1 saturated heterocycles. The molecular weight excluding hydrogens is 344 g/mol. The van der Waals surface area contributed by atoms with Crippen LogP contribution in [-0.2, 0) is 23.7 Å². The second kappa shape index (κ2) is 10.4. The van der Waals surface area contributed by atoms with Crippen molar-refractivity contribution in [1.29, 1.82) is 0 Å². The summed E-state index contributed by atoms with van der Waals surface area (Å²) in [6.07, 6.45) is -12.7. The number of carbonyl (C=O) groups is 1. The second-order valence-corrected chi connectivity index (χ2v) is 5.58. The van der Waals surface area contributed by atoms with E-state index >= 15 is 0 Å². The molecule has 9 atom stereocenters. The molecule has 0 aliphatic carbocycles. The zero-order chi connectivity index (χ0) is 19.1. The maximum absolute atomic E-state index is 10.7. The molecule has 0 aromatic carbocycles. The maximum Gasteiger partial charge on any atom is 0.187 e. The van der Waals surface area contributed by atoms with Crippen molar-refractivity contribution in [2.24, 2.45) is 0 Å². The zero-order valence-corrected chi connectivity index (χ0v) is 13.9. The summed E-state index contributed by atoms with van der Waals surface area (Å²) in [6, 6.07) is 0. The van der Waals surface area contributed by atoms with Gasteiger partial charge in [0.2, 0.25) is 0 Å². The fourth-order valence-corrected chi connectivity index (χ4v) is 2.60. The van der Waals surface area contributed by atoms with Crippen LogP contribution in [-0.4, -0.2) is 119 Å². The number of aliphatic hydroxyl groups excluding tert-OH is 6. The van der Waals surface area contributed by atoms with Crippen molar-refractivity contribution < 1.29 is 54.4 Å². The van der Waals surface area contributed by atoms with Crippen LogP contribution in [0.2, 0.25) is 0 Å². The Morgan fingerprint density at radius 2 is 1.72 bits per heavy atom. The lowest BCUT2D eigenvalue weighted by Crippen LogP contribution is -2.62. The Morgan fingerprint density at radius 3 is 2.16 bits per heavy atom. The van der Waals surface area contributed by atoms with E-state index in [0.717, 1.165) is 0 Å². The first-order valence-electron chi connectivity index (χ1n) is 7.61. The number of hydrogen-bond donors (Lipinski definition) is 6. The molecule has 1 rings (SSSR count). The van der Waals surface area contributed by atoms with Crippen molar-refractivity contribution in [2.45, 2.75) is 55.1 Å². The molecule has 0 aromatic heterocycles. The summed E-state index contributed by atoms with van der Waals surface area (Å²) >= 11 is 0. The lowest BCUT2D eigenvalue weighted by molar-refractivity contribution is -0.332. The lowest BCUT2D eigenvalue weighted by atomic mass is 9.98. The number of methoxy groups -OCH3 is 2. The monoisotopic (exact) mass is 370 g/mol. The Kier molecular flexibility index (Phi) is 9.30. The van der Waals surface area contributed by atoms with Crippen LogP contribution >= 0.6 is 0 Å². The van der Waals surface area contributed by atoms with E-state index in [-0.39, 0.29) is 6.29 Å². The van der Waals surface area contributed by atoms with E-state index < -0.39 is 68.3 Å². The molecule has 6 N–H and O–H groups in total. The average molecular weight is 370 g/mol. The Morgan fingerprint density at radius 1 is 1.12 bits per heavy atom. The molecule has 1 aliphatic heterocycles. The molecule has 148 valence electrons. The van der Waals surface area contributed by atoms with E-state index in [2.05, 4.69) is 0 Å². The summed E-state index contributed by atoms with van der Waals surface area (Å²) < 4.78 is 21.1. The van der Waals surface area contributed by atoms with Crippen LogP contribution in [0.1, 0.15) is 0 Å². The number of rotatable bonds is 10. The Balaban J connectivity index is 3.04. The van der Waals surface area contributed by atoms with Crippen molar-refractivity contribution in [3.05, 3.63) is 0 Å². The topological polar surface area (TPSA) is 175 Å². The van der Waals surface area contributed by atoms with Gasteiger partial charge in [-0.1, -0.05) is 0 Å². The van der Waals surface area contributed by atoms with Crippen LogP contribution < -0.4 is 0 Å². The van der Waals surface area contributed by atoms with Crippen molar-refractivity contribution in [2.75, 3.05) is 27.4 Å². The van der Waals surface area contributed by atoms with Gasteiger partial charge < -0.3 is 54.4 Å². The minimum atomic E-state index is -1.88. The second-order valence-electron chi connectivity index (χ2n) is 5.58. The smallest absolute Gasteiger partial charge is 0.187 e. The molecule has 0 spiro atoms. The predicted octanol–water partition coefficient (Wildman–Crippen LogP) is -4.25. The molecule has 11 nitrogen and oxygen atoms in total. The molecule has 1 fully saturated rings. The molecule has 1 heterocycles. The number of ether oxygens (including phenoxy) is 4. The number of hydrogen-bond acceptors (Lipinski definition) is 11. The van der Waals surface area contributed by atoms with E-state index in [0.29, 0.717) is 0 Å². The fraction of sp³-hybridized carbons (Fsp3) is 0.929. The molecule has 0 saturated carbocycles. The molecule has 0 amide bonds. The van der Waals surface area contributed by atoms with Gasteiger partial charge in [0, 0.05) is 14.2 Å².